The van der Waals surface area contributed by atoms with Crippen LogP contribution in [0.2, 0.25) is 0 Å². The summed E-state index contributed by atoms with van der Waals surface area (Å²) in [4.78, 5) is 0. The van der Waals surface area contributed by atoms with Gasteiger partial charge < -0.3 is 19.5 Å². The van der Waals surface area contributed by atoms with E-state index in [4.69, 9.17) is 14.2 Å². The summed E-state index contributed by atoms with van der Waals surface area (Å²) >= 11 is 0. The Kier molecular flexibility index (Phi) is 5.19. The molecule has 0 spiro atoms. The van der Waals surface area contributed by atoms with Gasteiger partial charge >= 0.3 is 0 Å². The first-order valence-corrected chi connectivity index (χ1v) is 8.75. The first-order valence-electron chi connectivity index (χ1n) is 8.75. The Balaban J connectivity index is 2.12. The first kappa shape index (κ1) is 17.6. The molecule has 1 aliphatic heterocycles. The van der Waals surface area contributed by atoms with Crippen molar-refractivity contribution in [2.75, 3.05) is 27.9 Å². The third-order valence-corrected chi connectivity index (χ3v) is 4.93. The lowest BCUT2D eigenvalue weighted by atomic mass is 9.84. The van der Waals surface area contributed by atoms with Gasteiger partial charge in [0.2, 0.25) is 0 Å². The average Bonchev–Trinajstić information content (AvgIpc) is 2.65. The normalized spacial score (nSPS) is 16.5. The van der Waals surface area contributed by atoms with E-state index in [-0.39, 0.29) is 6.04 Å². The van der Waals surface area contributed by atoms with E-state index in [1.807, 2.05) is 6.07 Å². The van der Waals surface area contributed by atoms with Crippen LogP contribution in [0.4, 0.5) is 0 Å². The second-order valence-electron chi connectivity index (χ2n) is 6.69. The summed E-state index contributed by atoms with van der Waals surface area (Å²) in [5.41, 5.74) is 5.17. The molecule has 4 heteroatoms. The molecule has 0 radical (unpaired) electrons. The average molecular weight is 341 g/mol. The molecular formula is C21H27NO3. The Morgan fingerprint density at radius 3 is 2.28 bits per heavy atom. The van der Waals surface area contributed by atoms with Gasteiger partial charge in [0.05, 0.1) is 27.4 Å². The van der Waals surface area contributed by atoms with Gasteiger partial charge in [0.15, 0.2) is 11.5 Å². The third-order valence-electron chi connectivity index (χ3n) is 4.93. The monoisotopic (exact) mass is 341 g/mol. The van der Waals surface area contributed by atoms with Gasteiger partial charge in [-0.05, 0) is 58.9 Å². The first-order chi connectivity index (χ1) is 12.1. The van der Waals surface area contributed by atoms with Crippen LogP contribution >= 0.6 is 0 Å². The lowest BCUT2D eigenvalue weighted by molar-refractivity contribution is 0.353. The molecule has 0 fully saturated rings. The molecule has 0 saturated carbocycles. The highest BCUT2D eigenvalue weighted by molar-refractivity contribution is 5.53. The molecule has 1 atom stereocenters. The molecule has 3 rings (SSSR count). The van der Waals surface area contributed by atoms with Crippen LogP contribution in [0.3, 0.4) is 0 Å². The second kappa shape index (κ2) is 7.36. The summed E-state index contributed by atoms with van der Waals surface area (Å²) in [5.74, 6) is 2.88. The number of fused-ring (bicyclic) bond motifs is 1. The number of nitrogens with one attached hydrogen (secondary N) is 1. The van der Waals surface area contributed by atoms with Crippen LogP contribution in [0.25, 0.3) is 0 Å². The molecule has 0 aromatic heterocycles. The molecule has 1 unspecified atom stereocenters. The third kappa shape index (κ3) is 3.31. The van der Waals surface area contributed by atoms with E-state index >= 15 is 0 Å². The van der Waals surface area contributed by atoms with Crippen LogP contribution in [-0.4, -0.2) is 27.9 Å². The van der Waals surface area contributed by atoms with Crippen molar-refractivity contribution in [3.05, 3.63) is 52.6 Å². The van der Waals surface area contributed by atoms with Crippen molar-refractivity contribution in [2.45, 2.75) is 32.2 Å². The maximum Gasteiger partial charge on any atom is 0.161 e. The minimum Gasteiger partial charge on any atom is -0.497 e. The highest BCUT2D eigenvalue weighted by Crippen LogP contribution is 2.39. The molecule has 0 saturated heterocycles. The van der Waals surface area contributed by atoms with E-state index in [1.54, 1.807) is 21.3 Å². The summed E-state index contributed by atoms with van der Waals surface area (Å²) in [6.07, 6.45) is 0.985. The van der Waals surface area contributed by atoms with Gasteiger partial charge in [-0.2, -0.15) is 0 Å². The summed E-state index contributed by atoms with van der Waals surface area (Å²) < 4.78 is 16.4. The molecular weight excluding hydrogens is 314 g/mol. The van der Waals surface area contributed by atoms with Crippen LogP contribution < -0.4 is 19.5 Å². The summed E-state index contributed by atoms with van der Waals surface area (Å²) in [7, 11) is 5.08. The molecule has 1 heterocycles. The van der Waals surface area contributed by atoms with Crippen molar-refractivity contribution >= 4 is 0 Å². The zero-order valence-electron chi connectivity index (χ0n) is 15.7. The number of hydrogen-bond acceptors (Lipinski definition) is 4. The molecule has 0 amide bonds. The fourth-order valence-corrected chi connectivity index (χ4v) is 3.60. The van der Waals surface area contributed by atoms with Crippen LogP contribution in [0, 0.1) is 0 Å². The van der Waals surface area contributed by atoms with Crippen LogP contribution in [0.15, 0.2) is 30.3 Å². The standard InChI is InChI=1S/C21H27NO3/c1-13(2)17-11-15(23-3)6-7-16(17)21-18-12-20(25-5)19(24-4)10-14(18)8-9-22-21/h6-7,10-13,21-22H,8-9H2,1-5H3. The fraction of sp³-hybridized carbons (Fsp3) is 0.429. The van der Waals surface area contributed by atoms with E-state index in [9.17, 15) is 0 Å². The Bertz CT molecular complexity index is 755. The van der Waals surface area contributed by atoms with Gasteiger partial charge in [-0.25, -0.2) is 0 Å². The zero-order valence-corrected chi connectivity index (χ0v) is 15.7. The van der Waals surface area contributed by atoms with Crippen molar-refractivity contribution in [1.29, 1.82) is 0 Å². The predicted molar refractivity (Wildman–Crippen MR) is 100 cm³/mol. The predicted octanol–water partition coefficient (Wildman–Crippen LogP) is 4.07. The number of hydrogen-bond donors (Lipinski definition) is 1. The van der Waals surface area contributed by atoms with Crippen LogP contribution in [-0.2, 0) is 6.42 Å². The minimum absolute atomic E-state index is 0.145. The van der Waals surface area contributed by atoms with Gasteiger partial charge in [0, 0.05) is 6.54 Å². The Hall–Kier alpha value is -2.20. The molecule has 134 valence electrons. The number of benzene rings is 2. The van der Waals surface area contributed by atoms with Gasteiger partial charge in [-0.15, -0.1) is 0 Å². The molecule has 25 heavy (non-hydrogen) atoms. The molecule has 2 aromatic rings. The quantitative estimate of drug-likeness (QED) is 0.890. The lowest BCUT2D eigenvalue weighted by Gasteiger charge is -2.30. The van der Waals surface area contributed by atoms with E-state index in [1.165, 1.54) is 22.3 Å². The molecule has 0 bridgehead atoms. The number of rotatable bonds is 5. The Labute approximate surface area is 150 Å². The van der Waals surface area contributed by atoms with Crippen LogP contribution in [0.1, 0.15) is 48.1 Å². The molecule has 2 aromatic carbocycles. The van der Waals surface area contributed by atoms with Crippen molar-refractivity contribution in [1.82, 2.24) is 5.32 Å². The number of ether oxygens (including phenoxy) is 3. The van der Waals surface area contributed by atoms with E-state index < -0.39 is 0 Å². The van der Waals surface area contributed by atoms with Gasteiger partial charge in [0.1, 0.15) is 5.75 Å². The smallest absolute Gasteiger partial charge is 0.161 e. The largest absolute Gasteiger partial charge is 0.497 e. The van der Waals surface area contributed by atoms with E-state index in [0.717, 1.165) is 30.2 Å². The maximum atomic E-state index is 5.53. The molecule has 4 nitrogen and oxygen atoms in total. The Morgan fingerprint density at radius 1 is 0.920 bits per heavy atom. The zero-order chi connectivity index (χ0) is 18.0. The topological polar surface area (TPSA) is 39.7 Å². The molecule has 1 aliphatic rings. The number of methoxy groups -OCH3 is 3. The van der Waals surface area contributed by atoms with Crippen LogP contribution in [0.5, 0.6) is 17.2 Å². The van der Waals surface area contributed by atoms with Crippen molar-refractivity contribution < 1.29 is 14.2 Å². The van der Waals surface area contributed by atoms with Crippen molar-refractivity contribution in [3.63, 3.8) is 0 Å². The molecule has 1 N–H and O–H groups in total. The summed E-state index contributed by atoms with van der Waals surface area (Å²) in [6.45, 7) is 5.38. The Morgan fingerprint density at radius 2 is 1.64 bits per heavy atom. The fourth-order valence-electron chi connectivity index (χ4n) is 3.60. The van der Waals surface area contributed by atoms with Gasteiger partial charge in [-0.1, -0.05) is 19.9 Å². The SMILES string of the molecule is COc1ccc(C2NCCc3cc(OC)c(OC)cc32)c(C(C)C)c1. The molecule has 0 aliphatic carbocycles. The van der Waals surface area contributed by atoms with Gasteiger partial charge in [-0.3, -0.25) is 0 Å². The van der Waals surface area contributed by atoms with Crippen molar-refractivity contribution in [3.8, 4) is 17.2 Å². The van der Waals surface area contributed by atoms with Crippen molar-refractivity contribution in [2.24, 2.45) is 0 Å². The summed E-state index contributed by atoms with van der Waals surface area (Å²) in [5, 5.41) is 3.68. The second-order valence-corrected chi connectivity index (χ2v) is 6.69. The highest BCUT2D eigenvalue weighted by atomic mass is 16.5. The maximum absolute atomic E-state index is 5.53. The lowest BCUT2D eigenvalue weighted by Crippen LogP contribution is -2.31. The summed E-state index contributed by atoms with van der Waals surface area (Å²) in [6, 6.07) is 10.7. The highest BCUT2D eigenvalue weighted by Gasteiger charge is 2.26. The van der Waals surface area contributed by atoms with E-state index in [0.29, 0.717) is 5.92 Å². The minimum atomic E-state index is 0.145. The van der Waals surface area contributed by atoms with E-state index in [2.05, 4.69) is 43.4 Å². The van der Waals surface area contributed by atoms with Gasteiger partial charge in [0.25, 0.3) is 0 Å².